The van der Waals surface area contributed by atoms with Crippen molar-refractivity contribution in [3.8, 4) is 0 Å². The van der Waals surface area contributed by atoms with Gasteiger partial charge in [-0.1, -0.05) is 19.3 Å². The van der Waals surface area contributed by atoms with Crippen molar-refractivity contribution in [2.24, 2.45) is 0 Å². The molecule has 0 spiro atoms. The number of thioether (sulfide) groups is 1. The third-order valence-corrected chi connectivity index (χ3v) is 4.80. The predicted octanol–water partition coefficient (Wildman–Crippen LogP) is 2.17. The van der Waals surface area contributed by atoms with Crippen LogP contribution in [-0.2, 0) is 4.79 Å². The molecule has 0 aromatic carbocycles. The Balaban J connectivity index is 2.25. The topological polar surface area (TPSA) is 41.1 Å². The van der Waals surface area contributed by atoms with Gasteiger partial charge in [-0.25, -0.2) is 0 Å². The predicted molar refractivity (Wildman–Crippen MR) is 75.5 cm³/mol. The lowest BCUT2D eigenvalue weighted by molar-refractivity contribution is -0.120. The normalized spacial score (nSPS) is 19.3. The molecular weight excluding hydrogens is 232 g/mol. The standard InChI is InChI=1S/C13H26N2OS/c1-11(2)15-12(16)9-14-10-13(17-3)7-5-4-6-8-13/h11,14H,4-10H2,1-3H3,(H,15,16). The number of hydrogen-bond acceptors (Lipinski definition) is 3. The van der Waals surface area contributed by atoms with Crippen LogP contribution in [0.3, 0.4) is 0 Å². The lowest BCUT2D eigenvalue weighted by atomic mass is 9.88. The summed E-state index contributed by atoms with van der Waals surface area (Å²) in [6.45, 7) is 5.38. The van der Waals surface area contributed by atoms with E-state index in [-0.39, 0.29) is 11.9 Å². The van der Waals surface area contributed by atoms with Gasteiger partial charge in [0.2, 0.25) is 5.91 Å². The van der Waals surface area contributed by atoms with Crippen molar-refractivity contribution in [3.63, 3.8) is 0 Å². The van der Waals surface area contributed by atoms with E-state index in [2.05, 4.69) is 16.9 Å². The first kappa shape index (κ1) is 14.8. The molecule has 1 amide bonds. The number of rotatable bonds is 6. The van der Waals surface area contributed by atoms with Gasteiger partial charge in [0.1, 0.15) is 0 Å². The van der Waals surface area contributed by atoms with E-state index >= 15 is 0 Å². The van der Waals surface area contributed by atoms with Gasteiger partial charge in [-0.2, -0.15) is 11.8 Å². The van der Waals surface area contributed by atoms with Crippen LogP contribution in [0, 0.1) is 0 Å². The first-order chi connectivity index (χ1) is 8.08. The number of hydrogen-bond donors (Lipinski definition) is 2. The van der Waals surface area contributed by atoms with Crippen LogP contribution in [0.1, 0.15) is 46.0 Å². The van der Waals surface area contributed by atoms with Crippen LogP contribution in [-0.4, -0.2) is 36.0 Å². The minimum atomic E-state index is 0.104. The Morgan fingerprint density at radius 2 is 1.94 bits per heavy atom. The molecule has 17 heavy (non-hydrogen) atoms. The van der Waals surface area contributed by atoms with Crippen LogP contribution < -0.4 is 10.6 Å². The molecule has 1 saturated carbocycles. The van der Waals surface area contributed by atoms with Crippen molar-refractivity contribution in [1.29, 1.82) is 0 Å². The van der Waals surface area contributed by atoms with Crippen molar-refractivity contribution in [3.05, 3.63) is 0 Å². The van der Waals surface area contributed by atoms with Gasteiger partial charge in [-0.15, -0.1) is 0 Å². The lowest BCUT2D eigenvalue weighted by Crippen LogP contribution is -2.44. The minimum absolute atomic E-state index is 0.104. The smallest absolute Gasteiger partial charge is 0.234 e. The summed E-state index contributed by atoms with van der Waals surface area (Å²) in [5.74, 6) is 0.104. The molecule has 0 aliphatic heterocycles. The molecule has 2 N–H and O–H groups in total. The summed E-state index contributed by atoms with van der Waals surface area (Å²) in [6.07, 6.45) is 8.80. The molecule has 0 radical (unpaired) electrons. The van der Waals surface area contributed by atoms with Gasteiger partial charge >= 0.3 is 0 Å². The van der Waals surface area contributed by atoms with Crippen molar-refractivity contribution >= 4 is 17.7 Å². The van der Waals surface area contributed by atoms with Gasteiger partial charge in [0, 0.05) is 17.3 Å². The Morgan fingerprint density at radius 1 is 1.29 bits per heavy atom. The summed E-state index contributed by atoms with van der Waals surface area (Å²) in [5, 5.41) is 6.22. The van der Waals surface area contributed by atoms with Crippen LogP contribution >= 0.6 is 11.8 Å². The molecule has 4 heteroatoms. The van der Waals surface area contributed by atoms with E-state index in [0.29, 0.717) is 11.3 Å². The maximum absolute atomic E-state index is 11.5. The molecule has 0 heterocycles. The third kappa shape index (κ3) is 5.30. The molecular formula is C13H26N2OS. The summed E-state index contributed by atoms with van der Waals surface area (Å²) in [4.78, 5) is 11.5. The zero-order valence-corrected chi connectivity index (χ0v) is 12.2. The molecule has 100 valence electrons. The Labute approximate surface area is 109 Å². The van der Waals surface area contributed by atoms with E-state index in [1.807, 2.05) is 25.6 Å². The van der Waals surface area contributed by atoms with Crippen molar-refractivity contribution < 1.29 is 4.79 Å². The maximum atomic E-state index is 11.5. The van der Waals surface area contributed by atoms with Crippen LogP contribution in [0.4, 0.5) is 0 Å². The SMILES string of the molecule is CSC1(CNCC(=O)NC(C)C)CCCCC1. The highest BCUT2D eigenvalue weighted by Crippen LogP contribution is 2.37. The number of amides is 1. The highest BCUT2D eigenvalue weighted by Gasteiger charge is 2.30. The molecule has 0 unspecified atom stereocenters. The van der Waals surface area contributed by atoms with Crippen LogP contribution in [0.2, 0.25) is 0 Å². The van der Waals surface area contributed by atoms with Gasteiger partial charge in [-0.3, -0.25) is 4.79 Å². The van der Waals surface area contributed by atoms with E-state index in [1.165, 1.54) is 32.1 Å². The minimum Gasteiger partial charge on any atom is -0.353 e. The fraction of sp³-hybridized carbons (Fsp3) is 0.923. The molecule has 1 aliphatic rings. The summed E-state index contributed by atoms with van der Waals surface area (Å²) in [6, 6.07) is 0.230. The Morgan fingerprint density at radius 3 is 2.47 bits per heavy atom. The van der Waals surface area contributed by atoms with Crippen molar-refractivity contribution in [2.45, 2.75) is 56.7 Å². The second-order valence-electron chi connectivity index (χ2n) is 5.27. The molecule has 0 aromatic heterocycles. The highest BCUT2D eigenvalue weighted by atomic mass is 32.2. The molecule has 3 nitrogen and oxygen atoms in total. The monoisotopic (exact) mass is 258 g/mol. The fourth-order valence-electron chi connectivity index (χ4n) is 2.43. The van der Waals surface area contributed by atoms with Crippen LogP contribution in [0.5, 0.6) is 0 Å². The van der Waals surface area contributed by atoms with E-state index in [1.54, 1.807) is 0 Å². The maximum Gasteiger partial charge on any atom is 0.234 e. The molecule has 0 atom stereocenters. The molecule has 1 fully saturated rings. The van der Waals surface area contributed by atoms with E-state index in [4.69, 9.17) is 0 Å². The van der Waals surface area contributed by atoms with Gasteiger partial charge in [0.25, 0.3) is 0 Å². The van der Waals surface area contributed by atoms with Crippen molar-refractivity contribution in [2.75, 3.05) is 19.3 Å². The van der Waals surface area contributed by atoms with Gasteiger partial charge in [-0.05, 0) is 32.9 Å². The molecule has 0 bridgehead atoms. The average molecular weight is 258 g/mol. The third-order valence-electron chi connectivity index (χ3n) is 3.38. The average Bonchev–Trinajstić information content (AvgIpc) is 2.29. The van der Waals surface area contributed by atoms with Gasteiger partial charge in [0.15, 0.2) is 0 Å². The molecule has 0 aromatic rings. The fourth-order valence-corrected chi connectivity index (χ4v) is 3.37. The Bertz CT molecular complexity index is 238. The summed E-state index contributed by atoms with van der Waals surface area (Å²) >= 11 is 1.96. The first-order valence-corrected chi connectivity index (χ1v) is 7.86. The zero-order valence-electron chi connectivity index (χ0n) is 11.3. The second kappa shape index (κ2) is 7.27. The van der Waals surface area contributed by atoms with E-state index < -0.39 is 0 Å². The van der Waals surface area contributed by atoms with E-state index in [9.17, 15) is 4.79 Å². The molecule has 1 aliphatic carbocycles. The zero-order chi connectivity index (χ0) is 12.7. The second-order valence-corrected chi connectivity index (χ2v) is 6.55. The largest absolute Gasteiger partial charge is 0.353 e. The van der Waals surface area contributed by atoms with Crippen LogP contribution in [0.25, 0.3) is 0 Å². The molecule has 1 rings (SSSR count). The van der Waals surface area contributed by atoms with Gasteiger partial charge < -0.3 is 10.6 Å². The summed E-state index contributed by atoms with van der Waals surface area (Å²) in [5.41, 5.74) is 0. The number of carbonyl (C=O) groups is 1. The number of nitrogens with one attached hydrogen (secondary N) is 2. The first-order valence-electron chi connectivity index (χ1n) is 6.63. The lowest BCUT2D eigenvalue weighted by Gasteiger charge is -2.36. The van der Waals surface area contributed by atoms with Crippen LogP contribution in [0.15, 0.2) is 0 Å². The summed E-state index contributed by atoms with van der Waals surface area (Å²) < 4.78 is 0.371. The van der Waals surface area contributed by atoms with Gasteiger partial charge in [0.05, 0.1) is 6.54 Å². The number of carbonyl (C=O) groups excluding carboxylic acids is 1. The quantitative estimate of drug-likeness (QED) is 0.767. The molecule has 0 saturated heterocycles. The Hall–Kier alpha value is -0.220. The Kier molecular flexibility index (Phi) is 6.34. The van der Waals surface area contributed by atoms with E-state index in [0.717, 1.165) is 6.54 Å². The summed E-state index contributed by atoms with van der Waals surface area (Å²) in [7, 11) is 0. The van der Waals surface area contributed by atoms with Crippen molar-refractivity contribution in [1.82, 2.24) is 10.6 Å². The highest BCUT2D eigenvalue weighted by molar-refractivity contribution is 8.00.